The maximum Gasteiger partial charge on any atom is 0.191 e. The summed E-state index contributed by atoms with van der Waals surface area (Å²) in [5, 5.41) is 7.74. The molecule has 2 rings (SSSR count). The summed E-state index contributed by atoms with van der Waals surface area (Å²) in [4.78, 5) is 12.8. The quantitative estimate of drug-likeness (QED) is 0.521. The van der Waals surface area contributed by atoms with Crippen LogP contribution >= 0.6 is 11.3 Å². The van der Waals surface area contributed by atoms with Gasteiger partial charge in [0.05, 0.1) is 13.1 Å². The molecule has 142 valence electrons. The molecule has 0 unspecified atom stereocenters. The first-order valence-electron chi connectivity index (χ1n) is 9.38. The molecular weight excluding hydrogens is 342 g/mol. The summed E-state index contributed by atoms with van der Waals surface area (Å²) in [5.41, 5.74) is 2.58. The molecule has 1 aromatic heterocycles. The monoisotopic (exact) mass is 373 g/mol. The Labute approximate surface area is 161 Å². The highest BCUT2D eigenvalue weighted by molar-refractivity contribution is 7.11. The summed E-state index contributed by atoms with van der Waals surface area (Å²) in [6, 6.07) is 8.72. The molecule has 26 heavy (non-hydrogen) atoms. The van der Waals surface area contributed by atoms with Gasteiger partial charge in [-0.25, -0.2) is 9.98 Å². The zero-order valence-corrected chi connectivity index (χ0v) is 17.2. The van der Waals surface area contributed by atoms with Crippen LogP contribution in [0, 0.1) is 6.92 Å². The topological polar surface area (TPSA) is 52.6 Å². The lowest BCUT2D eigenvalue weighted by molar-refractivity contribution is 0.296. The molecule has 0 spiro atoms. The lowest BCUT2D eigenvalue weighted by Crippen LogP contribution is -2.36. The van der Waals surface area contributed by atoms with Crippen LogP contribution in [0.4, 0.5) is 0 Å². The summed E-state index contributed by atoms with van der Waals surface area (Å²) >= 11 is 1.71. The fraction of sp³-hybridized carbons (Fsp3) is 0.500. The number of benzene rings is 1. The number of hydrogen-bond donors (Lipinski definition) is 2. The summed E-state index contributed by atoms with van der Waals surface area (Å²) in [6.45, 7) is 13.9. The maximum atomic E-state index is 4.72. The van der Waals surface area contributed by atoms with Gasteiger partial charge in [-0.1, -0.05) is 38.1 Å². The van der Waals surface area contributed by atoms with E-state index in [1.165, 1.54) is 16.0 Å². The molecule has 1 heterocycles. The van der Waals surface area contributed by atoms with E-state index in [1.807, 2.05) is 6.20 Å². The Balaban J connectivity index is 1.97. The second-order valence-corrected chi connectivity index (χ2v) is 7.51. The Morgan fingerprint density at radius 3 is 2.58 bits per heavy atom. The number of aliphatic imine (C=N–C) groups is 1. The molecule has 2 N–H and O–H groups in total. The first-order chi connectivity index (χ1) is 12.6. The van der Waals surface area contributed by atoms with Gasteiger partial charge in [0.2, 0.25) is 0 Å². The van der Waals surface area contributed by atoms with E-state index in [-0.39, 0.29) is 0 Å². The van der Waals surface area contributed by atoms with Crippen molar-refractivity contribution in [3.05, 3.63) is 51.5 Å². The molecule has 1 aromatic carbocycles. The van der Waals surface area contributed by atoms with Crippen molar-refractivity contribution >= 4 is 17.3 Å². The van der Waals surface area contributed by atoms with Crippen LogP contribution in [0.1, 0.15) is 41.8 Å². The van der Waals surface area contributed by atoms with E-state index in [9.17, 15) is 0 Å². The Kier molecular flexibility index (Phi) is 8.58. The van der Waals surface area contributed by atoms with Crippen molar-refractivity contribution in [2.24, 2.45) is 4.99 Å². The summed E-state index contributed by atoms with van der Waals surface area (Å²) in [5.74, 6) is 0.828. The molecule has 0 amide bonds. The molecule has 0 radical (unpaired) electrons. The highest BCUT2D eigenvalue weighted by atomic mass is 32.1. The van der Waals surface area contributed by atoms with Gasteiger partial charge >= 0.3 is 0 Å². The van der Waals surface area contributed by atoms with E-state index in [0.29, 0.717) is 13.1 Å². The lowest BCUT2D eigenvalue weighted by Gasteiger charge is -2.18. The van der Waals surface area contributed by atoms with Crippen molar-refractivity contribution in [3.63, 3.8) is 0 Å². The molecule has 0 saturated heterocycles. The second kappa shape index (κ2) is 10.9. The standard InChI is InChI=1S/C20H31N5S/c1-5-21-20(24-14-19-22-12-16(4)26-19)23-13-17-9-8-10-18(11-17)15-25(6-2)7-3/h8-12H,5-7,13-15H2,1-4H3,(H2,21,23,24). The van der Waals surface area contributed by atoms with Crippen molar-refractivity contribution in [2.75, 3.05) is 19.6 Å². The SMILES string of the molecule is CCNC(=NCc1cccc(CN(CC)CC)c1)NCc1ncc(C)s1. The molecule has 0 saturated carbocycles. The van der Waals surface area contributed by atoms with Crippen molar-refractivity contribution < 1.29 is 0 Å². The Morgan fingerprint density at radius 2 is 1.92 bits per heavy atom. The molecule has 0 fully saturated rings. The Hall–Kier alpha value is -1.92. The van der Waals surface area contributed by atoms with Crippen LogP contribution in [0.2, 0.25) is 0 Å². The molecular formula is C20H31N5S. The average molecular weight is 374 g/mol. The third-order valence-electron chi connectivity index (χ3n) is 4.13. The highest BCUT2D eigenvalue weighted by Gasteiger charge is 2.04. The predicted molar refractivity (Wildman–Crippen MR) is 112 cm³/mol. The highest BCUT2D eigenvalue weighted by Crippen LogP contribution is 2.11. The maximum absolute atomic E-state index is 4.72. The minimum absolute atomic E-state index is 0.665. The lowest BCUT2D eigenvalue weighted by atomic mass is 10.1. The van der Waals surface area contributed by atoms with Crippen LogP contribution in [0.15, 0.2) is 35.5 Å². The van der Waals surface area contributed by atoms with Crippen molar-refractivity contribution in [2.45, 2.75) is 47.3 Å². The Bertz CT molecular complexity index is 691. The van der Waals surface area contributed by atoms with Crippen LogP contribution in [-0.2, 0) is 19.6 Å². The zero-order chi connectivity index (χ0) is 18.8. The number of thiazole rings is 1. The summed E-state index contributed by atoms with van der Waals surface area (Å²) < 4.78 is 0. The molecule has 6 heteroatoms. The van der Waals surface area contributed by atoms with Gasteiger partial charge in [0.15, 0.2) is 5.96 Å². The van der Waals surface area contributed by atoms with Gasteiger partial charge in [-0.15, -0.1) is 11.3 Å². The van der Waals surface area contributed by atoms with Gasteiger partial charge in [-0.2, -0.15) is 0 Å². The van der Waals surface area contributed by atoms with E-state index < -0.39 is 0 Å². The van der Waals surface area contributed by atoms with Crippen LogP contribution in [-0.4, -0.2) is 35.5 Å². The average Bonchev–Trinajstić information content (AvgIpc) is 3.07. The first-order valence-corrected chi connectivity index (χ1v) is 10.2. The van der Waals surface area contributed by atoms with E-state index in [1.54, 1.807) is 11.3 Å². The van der Waals surface area contributed by atoms with Crippen LogP contribution in [0.5, 0.6) is 0 Å². The van der Waals surface area contributed by atoms with Gasteiger partial charge < -0.3 is 10.6 Å². The van der Waals surface area contributed by atoms with Gasteiger partial charge in [0.25, 0.3) is 0 Å². The molecule has 0 atom stereocenters. The van der Waals surface area contributed by atoms with Crippen molar-refractivity contribution in [3.8, 4) is 0 Å². The van der Waals surface area contributed by atoms with Gasteiger partial charge in [-0.3, -0.25) is 4.90 Å². The van der Waals surface area contributed by atoms with E-state index in [4.69, 9.17) is 4.99 Å². The minimum atomic E-state index is 0.665. The molecule has 0 bridgehead atoms. The first kappa shape index (κ1) is 20.4. The van der Waals surface area contributed by atoms with Gasteiger partial charge in [-0.05, 0) is 38.1 Å². The normalized spacial score (nSPS) is 11.8. The van der Waals surface area contributed by atoms with Crippen LogP contribution in [0.25, 0.3) is 0 Å². The minimum Gasteiger partial charge on any atom is -0.357 e. The number of guanidine groups is 1. The number of rotatable bonds is 9. The Morgan fingerprint density at radius 1 is 1.15 bits per heavy atom. The van der Waals surface area contributed by atoms with Crippen LogP contribution < -0.4 is 10.6 Å². The number of hydrogen-bond acceptors (Lipinski definition) is 4. The summed E-state index contributed by atoms with van der Waals surface area (Å²) in [6.07, 6.45) is 1.91. The molecule has 0 aliphatic rings. The molecule has 5 nitrogen and oxygen atoms in total. The number of nitrogens with one attached hydrogen (secondary N) is 2. The van der Waals surface area contributed by atoms with E-state index >= 15 is 0 Å². The molecule has 0 aliphatic carbocycles. The number of nitrogens with zero attached hydrogens (tertiary/aromatic N) is 3. The molecule has 0 aliphatic heterocycles. The van der Waals surface area contributed by atoms with Crippen molar-refractivity contribution in [1.29, 1.82) is 0 Å². The van der Waals surface area contributed by atoms with Crippen molar-refractivity contribution in [1.82, 2.24) is 20.5 Å². The fourth-order valence-corrected chi connectivity index (χ4v) is 3.41. The van der Waals surface area contributed by atoms with Gasteiger partial charge in [0, 0.05) is 24.2 Å². The summed E-state index contributed by atoms with van der Waals surface area (Å²) in [7, 11) is 0. The largest absolute Gasteiger partial charge is 0.357 e. The zero-order valence-electron chi connectivity index (χ0n) is 16.4. The van der Waals surface area contributed by atoms with Gasteiger partial charge in [0.1, 0.15) is 5.01 Å². The molecule has 2 aromatic rings. The second-order valence-electron chi connectivity index (χ2n) is 6.19. The smallest absolute Gasteiger partial charge is 0.191 e. The van der Waals surface area contributed by atoms with Crippen LogP contribution in [0.3, 0.4) is 0 Å². The van der Waals surface area contributed by atoms with E-state index in [0.717, 1.165) is 37.1 Å². The predicted octanol–water partition coefficient (Wildman–Crippen LogP) is 3.55. The number of aryl methyl sites for hydroxylation is 1. The third kappa shape index (κ3) is 6.77. The van der Waals surface area contributed by atoms with E-state index in [2.05, 4.69) is 72.5 Å². The third-order valence-corrected chi connectivity index (χ3v) is 5.04. The fourth-order valence-electron chi connectivity index (χ4n) is 2.69. The number of aromatic nitrogens is 1.